The Morgan fingerprint density at radius 2 is 1.69 bits per heavy atom. The van der Waals surface area contributed by atoms with Crippen LogP contribution in [0.1, 0.15) is 51.5 Å². The number of hydrogen-bond donors (Lipinski definition) is 2. The quantitative estimate of drug-likeness (QED) is 0.360. The minimum atomic E-state index is 0.254. The SMILES string of the molecule is CCNC(=NCC1(c2ccccc2)CCC1)NCCCCN1CCN(CC)CC1. The molecule has 3 rings (SSSR count). The molecule has 2 aliphatic rings. The van der Waals surface area contributed by atoms with Gasteiger partial charge in [0.1, 0.15) is 0 Å². The van der Waals surface area contributed by atoms with E-state index in [2.05, 4.69) is 64.6 Å². The number of guanidine groups is 1. The second kappa shape index (κ2) is 11.6. The molecule has 0 unspecified atom stereocenters. The number of hydrogen-bond acceptors (Lipinski definition) is 3. The Bertz CT molecular complexity index is 603. The van der Waals surface area contributed by atoms with Crippen LogP contribution in [0.5, 0.6) is 0 Å². The van der Waals surface area contributed by atoms with Crippen molar-refractivity contribution in [1.29, 1.82) is 0 Å². The van der Waals surface area contributed by atoms with Crippen molar-refractivity contribution in [2.75, 3.05) is 58.9 Å². The van der Waals surface area contributed by atoms with Crippen molar-refractivity contribution in [1.82, 2.24) is 20.4 Å². The summed E-state index contributed by atoms with van der Waals surface area (Å²) in [6, 6.07) is 11.0. The molecule has 1 saturated carbocycles. The lowest BCUT2D eigenvalue weighted by Gasteiger charge is -2.41. The first kappa shape index (κ1) is 22.1. The predicted octanol–water partition coefficient (Wildman–Crippen LogP) is 3.08. The average molecular weight is 400 g/mol. The smallest absolute Gasteiger partial charge is 0.191 e. The van der Waals surface area contributed by atoms with E-state index in [9.17, 15) is 0 Å². The highest BCUT2D eigenvalue weighted by Crippen LogP contribution is 2.43. The highest BCUT2D eigenvalue weighted by Gasteiger charge is 2.38. The van der Waals surface area contributed by atoms with Crippen LogP contribution in [0.2, 0.25) is 0 Å². The standard InChI is InChI=1S/C24H41N5/c1-3-25-23(26-15-8-9-16-29-19-17-28(4-2)18-20-29)27-21-24(13-10-14-24)22-11-6-5-7-12-22/h5-7,11-12H,3-4,8-10,13-21H2,1-2H3,(H2,25,26,27). The van der Waals surface area contributed by atoms with Gasteiger partial charge in [-0.3, -0.25) is 4.99 Å². The summed E-state index contributed by atoms with van der Waals surface area (Å²) in [7, 11) is 0. The Morgan fingerprint density at radius 1 is 0.966 bits per heavy atom. The third kappa shape index (κ3) is 6.45. The largest absolute Gasteiger partial charge is 0.357 e. The molecular weight excluding hydrogens is 358 g/mol. The lowest BCUT2D eigenvalue weighted by molar-refractivity contribution is 0.136. The van der Waals surface area contributed by atoms with Gasteiger partial charge >= 0.3 is 0 Å². The second-order valence-corrected chi connectivity index (χ2v) is 8.60. The number of nitrogens with one attached hydrogen (secondary N) is 2. The molecule has 2 fully saturated rings. The zero-order valence-corrected chi connectivity index (χ0v) is 18.6. The van der Waals surface area contributed by atoms with Gasteiger partial charge in [-0.15, -0.1) is 0 Å². The summed E-state index contributed by atoms with van der Waals surface area (Å²) in [6.45, 7) is 14.5. The number of benzene rings is 1. The van der Waals surface area contributed by atoms with E-state index in [0.29, 0.717) is 0 Å². The van der Waals surface area contributed by atoms with Crippen molar-refractivity contribution >= 4 is 5.96 Å². The Kier molecular flexibility index (Phi) is 8.81. The summed E-state index contributed by atoms with van der Waals surface area (Å²) in [6.07, 6.45) is 6.28. The average Bonchev–Trinajstić information content (AvgIpc) is 2.74. The first-order chi connectivity index (χ1) is 14.3. The maximum absolute atomic E-state index is 4.97. The Labute approximate surface area is 178 Å². The second-order valence-electron chi connectivity index (χ2n) is 8.60. The highest BCUT2D eigenvalue weighted by atomic mass is 15.3. The molecular formula is C24H41N5. The van der Waals surface area contributed by atoms with Gasteiger partial charge in [-0.25, -0.2) is 0 Å². The van der Waals surface area contributed by atoms with Crippen LogP contribution in [0.25, 0.3) is 0 Å². The third-order valence-electron chi connectivity index (χ3n) is 6.69. The van der Waals surface area contributed by atoms with Crippen LogP contribution in [0.4, 0.5) is 0 Å². The lowest BCUT2D eigenvalue weighted by Crippen LogP contribution is -2.46. The molecule has 1 saturated heterocycles. The third-order valence-corrected chi connectivity index (χ3v) is 6.69. The number of nitrogens with zero attached hydrogens (tertiary/aromatic N) is 3. The van der Waals surface area contributed by atoms with E-state index in [1.807, 2.05) is 0 Å². The molecule has 0 radical (unpaired) electrons. The summed E-state index contributed by atoms with van der Waals surface area (Å²) in [5.41, 5.74) is 1.71. The molecule has 1 aliphatic carbocycles. The van der Waals surface area contributed by atoms with Crippen LogP contribution in [0.3, 0.4) is 0 Å². The van der Waals surface area contributed by atoms with Crippen LogP contribution in [-0.4, -0.2) is 74.7 Å². The lowest BCUT2D eigenvalue weighted by atomic mass is 9.64. The molecule has 0 spiro atoms. The fourth-order valence-electron chi connectivity index (χ4n) is 4.50. The first-order valence-electron chi connectivity index (χ1n) is 11.8. The van der Waals surface area contributed by atoms with E-state index >= 15 is 0 Å². The number of likely N-dealkylation sites (N-methyl/N-ethyl adjacent to an activating group) is 1. The molecule has 0 amide bonds. The number of unbranched alkanes of at least 4 members (excludes halogenated alkanes) is 1. The fourth-order valence-corrected chi connectivity index (χ4v) is 4.50. The van der Waals surface area contributed by atoms with Gasteiger partial charge in [0, 0.05) is 44.7 Å². The fraction of sp³-hybridized carbons (Fsp3) is 0.708. The molecule has 2 N–H and O–H groups in total. The first-order valence-corrected chi connectivity index (χ1v) is 11.8. The Balaban J connectivity index is 1.39. The Morgan fingerprint density at radius 3 is 2.31 bits per heavy atom. The monoisotopic (exact) mass is 399 g/mol. The highest BCUT2D eigenvalue weighted by molar-refractivity contribution is 5.79. The summed E-state index contributed by atoms with van der Waals surface area (Å²) in [5, 5.41) is 6.99. The maximum atomic E-state index is 4.97. The van der Waals surface area contributed by atoms with Gasteiger partial charge in [0.05, 0.1) is 6.54 Å². The van der Waals surface area contributed by atoms with Crippen molar-refractivity contribution in [3.63, 3.8) is 0 Å². The molecule has 1 heterocycles. The van der Waals surface area contributed by atoms with E-state index in [1.165, 1.54) is 76.9 Å². The molecule has 5 nitrogen and oxygen atoms in total. The van der Waals surface area contributed by atoms with Crippen LogP contribution < -0.4 is 10.6 Å². The summed E-state index contributed by atoms with van der Waals surface area (Å²) < 4.78 is 0. The number of aliphatic imine (C=N–C) groups is 1. The van der Waals surface area contributed by atoms with Gasteiger partial charge in [-0.2, -0.15) is 0 Å². The topological polar surface area (TPSA) is 42.9 Å². The molecule has 0 aromatic heterocycles. The molecule has 1 aromatic rings. The van der Waals surface area contributed by atoms with Gasteiger partial charge in [-0.05, 0) is 51.3 Å². The van der Waals surface area contributed by atoms with Crippen molar-refractivity contribution in [3.05, 3.63) is 35.9 Å². The van der Waals surface area contributed by atoms with Crippen LogP contribution >= 0.6 is 0 Å². The molecule has 162 valence electrons. The van der Waals surface area contributed by atoms with E-state index in [-0.39, 0.29) is 5.41 Å². The van der Waals surface area contributed by atoms with Gasteiger partial charge in [-0.1, -0.05) is 43.7 Å². The van der Waals surface area contributed by atoms with Crippen LogP contribution in [0, 0.1) is 0 Å². The van der Waals surface area contributed by atoms with E-state index in [4.69, 9.17) is 4.99 Å². The van der Waals surface area contributed by atoms with E-state index < -0.39 is 0 Å². The minimum Gasteiger partial charge on any atom is -0.357 e. The minimum absolute atomic E-state index is 0.254. The summed E-state index contributed by atoms with van der Waals surface area (Å²) in [5.74, 6) is 0.978. The predicted molar refractivity (Wildman–Crippen MR) is 124 cm³/mol. The van der Waals surface area contributed by atoms with E-state index in [1.54, 1.807) is 0 Å². The molecule has 1 aromatic carbocycles. The van der Waals surface area contributed by atoms with Gasteiger partial charge in [0.25, 0.3) is 0 Å². The van der Waals surface area contributed by atoms with Gasteiger partial charge in [0.2, 0.25) is 0 Å². The van der Waals surface area contributed by atoms with Gasteiger partial charge < -0.3 is 20.4 Å². The number of piperazine rings is 1. The van der Waals surface area contributed by atoms with E-state index in [0.717, 1.165) is 25.6 Å². The Hall–Kier alpha value is -1.59. The molecule has 1 aliphatic heterocycles. The summed E-state index contributed by atoms with van der Waals surface area (Å²) >= 11 is 0. The zero-order chi connectivity index (χ0) is 20.4. The zero-order valence-electron chi connectivity index (χ0n) is 18.6. The molecule has 29 heavy (non-hydrogen) atoms. The van der Waals surface area contributed by atoms with Crippen molar-refractivity contribution in [2.24, 2.45) is 4.99 Å². The molecule has 0 bridgehead atoms. The van der Waals surface area contributed by atoms with Crippen LogP contribution in [-0.2, 0) is 5.41 Å². The number of rotatable bonds is 10. The van der Waals surface area contributed by atoms with Crippen molar-refractivity contribution < 1.29 is 0 Å². The summed E-state index contributed by atoms with van der Waals surface area (Å²) in [4.78, 5) is 10.1. The van der Waals surface area contributed by atoms with Crippen molar-refractivity contribution in [3.8, 4) is 0 Å². The van der Waals surface area contributed by atoms with Crippen molar-refractivity contribution in [2.45, 2.75) is 51.4 Å². The maximum Gasteiger partial charge on any atom is 0.191 e. The van der Waals surface area contributed by atoms with Crippen LogP contribution in [0.15, 0.2) is 35.3 Å². The molecule has 5 heteroatoms. The van der Waals surface area contributed by atoms with Gasteiger partial charge in [0.15, 0.2) is 5.96 Å². The molecule has 0 atom stereocenters. The normalized spacial score (nSPS) is 20.3.